The number of pyridine rings is 5. The van der Waals surface area contributed by atoms with Crippen molar-refractivity contribution >= 4 is 87.7 Å². The van der Waals surface area contributed by atoms with Crippen LogP contribution in [-0.4, -0.2) is 44.0 Å². The lowest BCUT2D eigenvalue weighted by atomic mass is 10.0. The highest BCUT2D eigenvalue weighted by atomic mass is 16.3. The van der Waals surface area contributed by atoms with E-state index in [1.807, 2.05) is 79.8 Å². The Morgan fingerprint density at radius 3 is 1.97 bits per heavy atom. The van der Waals surface area contributed by atoms with E-state index in [1.54, 1.807) is 12.4 Å². The van der Waals surface area contributed by atoms with Gasteiger partial charge in [-0.05, 0) is 84.4 Å². The highest BCUT2D eigenvalue weighted by Crippen LogP contribution is 2.41. The minimum absolute atomic E-state index is 0.506. The smallest absolute Gasteiger partial charge is 0.229 e. The van der Waals surface area contributed by atoms with Gasteiger partial charge in [0.2, 0.25) is 5.71 Å². The van der Waals surface area contributed by atoms with E-state index >= 15 is 0 Å². The molecule has 4 aromatic carbocycles. The van der Waals surface area contributed by atoms with Crippen LogP contribution in [0.25, 0.3) is 133 Å². The van der Waals surface area contributed by atoms with Crippen molar-refractivity contribution in [3.63, 3.8) is 0 Å². The summed E-state index contributed by atoms with van der Waals surface area (Å²) in [6.07, 6.45) is 16.5. The Kier molecular flexibility index (Phi) is 7.14. The largest absolute Gasteiger partial charge is 0.455 e. The van der Waals surface area contributed by atoms with Gasteiger partial charge in [-0.25, -0.2) is 15.0 Å². The first-order valence-electron chi connectivity index (χ1n) is 20.8. The maximum Gasteiger partial charge on any atom is 0.229 e. The van der Waals surface area contributed by atoms with Crippen LogP contribution in [0.1, 0.15) is 0 Å². The lowest BCUT2D eigenvalue weighted by Crippen LogP contribution is -1.97. The van der Waals surface area contributed by atoms with Gasteiger partial charge in [-0.1, -0.05) is 42.5 Å². The fourth-order valence-corrected chi connectivity index (χ4v) is 9.53. The lowest BCUT2D eigenvalue weighted by Gasteiger charge is -2.11. The van der Waals surface area contributed by atoms with Crippen LogP contribution in [0.3, 0.4) is 0 Å². The summed E-state index contributed by atoms with van der Waals surface area (Å²) in [5, 5.41) is 7.09. The van der Waals surface area contributed by atoms with E-state index in [0.717, 1.165) is 105 Å². The van der Waals surface area contributed by atoms with Gasteiger partial charge in [0.25, 0.3) is 0 Å². The molecule has 0 saturated heterocycles. The molecule has 0 radical (unpaired) electrons. The number of rotatable bonds is 5. The van der Waals surface area contributed by atoms with Crippen LogP contribution in [0.15, 0.2) is 186 Å². The quantitative estimate of drug-likeness (QED) is 0.167. The van der Waals surface area contributed by atoms with E-state index in [1.165, 1.54) is 0 Å². The first-order chi connectivity index (χ1) is 31.7. The third-order valence-corrected chi connectivity index (χ3v) is 12.4. The molecular formula is C53H29N9O2. The van der Waals surface area contributed by atoms with E-state index in [0.29, 0.717) is 28.3 Å². The molecule has 0 aliphatic rings. The van der Waals surface area contributed by atoms with E-state index in [4.69, 9.17) is 18.8 Å². The van der Waals surface area contributed by atoms with Crippen LogP contribution < -0.4 is 0 Å². The summed E-state index contributed by atoms with van der Waals surface area (Å²) in [6, 6.07) is 41.7. The molecule has 10 heterocycles. The first kappa shape index (κ1) is 34.6. The summed E-state index contributed by atoms with van der Waals surface area (Å²) >= 11 is 0. The Balaban J connectivity index is 0.942. The van der Waals surface area contributed by atoms with Crippen molar-refractivity contribution in [3.8, 4) is 45.1 Å². The van der Waals surface area contributed by atoms with Crippen LogP contribution in [-0.2, 0) is 0 Å². The summed E-state index contributed by atoms with van der Waals surface area (Å²) in [5.74, 6) is 0.576. The second-order valence-corrected chi connectivity index (χ2v) is 15.9. The van der Waals surface area contributed by atoms with E-state index < -0.39 is 0 Å². The summed E-state index contributed by atoms with van der Waals surface area (Å²) in [7, 11) is 0. The van der Waals surface area contributed by atoms with Crippen molar-refractivity contribution in [3.05, 3.63) is 177 Å². The average Bonchev–Trinajstić information content (AvgIpc) is 4.11. The SMILES string of the molecule is c1cc(-c2cncc3c2oc2ccncc23)cc(-n2c3ccccc3c3cc(-c4nc(-c5cccc(-n6c7cnccc7c7ccncc76)c5)c5oc6ncccc6c5n4)ccc32)c1. The van der Waals surface area contributed by atoms with Gasteiger partial charge in [0.05, 0.1) is 39.8 Å². The van der Waals surface area contributed by atoms with Crippen molar-refractivity contribution in [1.29, 1.82) is 0 Å². The zero-order chi connectivity index (χ0) is 41.9. The highest BCUT2D eigenvalue weighted by molar-refractivity contribution is 6.12. The number of fused-ring (bicyclic) bond motifs is 12. The number of furan rings is 2. The number of hydrogen-bond donors (Lipinski definition) is 0. The van der Waals surface area contributed by atoms with Gasteiger partial charge in [0, 0.05) is 104 Å². The second kappa shape index (κ2) is 13.2. The van der Waals surface area contributed by atoms with Crippen molar-refractivity contribution < 1.29 is 8.83 Å². The Hall–Kier alpha value is -9.09. The number of nitrogens with zero attached hydrogens (tertiary/aromatic N) is 9. The van der Waals surface area contributed by atoms with Crippen molar-refractivity contribution in [1.82, 2.24) is 44.0 Å². The maximum atomic E-state index is 6.48. The molecule has 0 bridgehead atoms. The fraction of sp³-hybridized carbons (Fsp3) is 0. The van der Waals surface area contributed by atoms with E-state index in [2.05, 4.69) is 119 Å². The molecule has 0 aliphatic heterocycles. The van der Waals surface area contributed by atoms with Crippen LogP contribution in [0.2, 0.25) is 0 Å². The molecule has 0 N–H and O–H groups in total. The molecule has 10 aromatic heterocycles. The zero-order valence-corrected chi connectivity index (χ0v) is 33.6. The van der Waals surface area contributed by atoms with Crippen LogP contribution in [0.4, 0.5) is 0 Å². The average molecular weight is 824 g/mol. The molecule has 64 heavy (non-hydrogen) atoms. The van der Waals surface area contributed by atoms with E-state index in [9.17, 15) is 0 Å². The first-order valence-corrected chi connectivity index (χ1v) is 20.8. The number of aromatic nitrogens is 9. The van der Waals surface area contributed by atoms with Gasteiger partial charge in [-0.2, -0.15) is 0 Å². The second-order valence-electron chi connectivity index (χ2n) is 15.9. The molecule has 0 fully saturated rings. The van der Waals surface area contributed by atoms with Crippen molar-refractivity contribution in [2.24, 2.45) is 0 Å². The molecule has 11 nitrogen and oxygen atoms in total. The maximum absolute atomic E-state index is 6.48. The van der Waals surface area contributed by atoms with Gasteiger partial charge >= 0.3 is 0 Å². The lowest BCUT2D eigenvalue weighted by molar-refractivity contribution is 0.652. The van der Waals surface area contributed by atoms with Crippen molar-refractivity contribution in [2.75, 3.05) is 0 Å². The molecule has 0 atom stereocenters. The predicted octanol–water partition coefficient (Wildman–Crippen LogP) is 12.4. The number of hydrogen-bond acceptors (Lipinski definition) is 9. The molecule has 0 spiro atoms. The molecule has 0 unspecified atom stereocenters. The summed E-state index contributed by atoms with van der Waals surface area (Å²) in [6.45, 7) is 0. The molecule has 298 valence electrons. The van der Waals surface area contributed by atoms with Crippen LogP contribution >= 0.6 is 0 Å². The Bertz CT molecular complexity index is 4180. The Morgan fingerprint density at radius 1 is 0.406 bits per heavy atom. The molecular weight excluding hydrogens is 795 g/mol. The topological polar surface area (TPSA) is 126 Å². The standard InChI is InChI=1S/C53H29N9O2/c1-2-12-43-35(10-1)39-24-32(13-14-44(39)61(43)33-8-3-6-30(22-33)40-25-57-27-42-41-26-54-21-17-47(41)63-50(40)42)52-59-48(51-49(60-52)38-11-5-18-58-53(38)64-51)31-7-4-9-34(23-31)62-45-28-55-19-15-36(45)37-16-20-56-29-46(37)62/h1-29H. The molecule has 14 rings (SSSR count). The third kappa shape index (κ3) is 5.00. The Morgan fingerprint density at radius 2 is 1.11 bits per heavy atom. The van der Waals surface area contributed by atoms with E-state index in [-0.39, 0.29) is 0 Å². The Labute approximate surface area is 361 Å². The number of benzene rings is 4. The number of para-hydroxylation sites is 1. The van der Waals surface area contributed by atoms with Gasteiger partial charge in [0.1, 0.15) is 22.4 Å². The molecule has 0 saturated carbocycles. The predicted molar refractivity (Wildman–Crippen MR) is 251 cm³/mol. The summed E-state index contributed by atoms with van der Waals surface area (Å²) < 4.78 is 17.4. The van der Waals surface area contributed by atoms with Crippen molar-refractivity contribution in [2.45, 2.75) is 0 Å². The third-order valence-electron chi connectivity index (χ3n) is 12.4. The minimum Gasteiger partial charge on any atom is -0.455 e. The van der Waals surface area contributed by atoms with Gasteiger partial charge in [-0.15, -0.1) is 0 Å². The van der Waals surface area contributed by atoms with Gasteiger partial charge in [-0.3, -0.25) is 19.9 Å². The summed E-state index contributed by atoms with van der Waals surface area (Å²) in [4.78, 5) is 33.0. The van der Waals surface area contributed by atoms with Gasteiger partial charge in [0.15, 0.2) is 11.4 Å². The molecule has 14 aromatic rings. The van der Waals surface area contributed by atoms with Gasteiger partial charge < -0.3 is 18.0 Å². The van der Waals surface area contributed by atoms with Crippen LogP contribution in [0.5, 0.6) is 0 Å². The van der Waals surface area contributed by atoms with Crippen LogP contribution in [0, 0.1) is 0 Å². The molecule has 11 heteroatoms. The normalized spacial score (nSPS) is 12.1. The molecule has 0 amide bonds. The summed E-state index contributed by atoms with van der Waals surface area (Å²) in [5.41, 5.74) is 13.7. The molecule has 0 aliphatic carbocycles. The zero-order valence-electron chi connectivity index (χ0n) is 33.6. The highest BCUT2D eigenvalue weighted by Gasteiger charge is 2.22. The monoisotopic (exact) mass is 823 g/mol. The minimum atomic E-state index is 0.506. The fourth-order valence-electron chi connectivity index (χ4n) is 9.53.